The molecule has 0 radical (unpaired) electrons. The molecule has 17 heavy (non-hydrogen) atoms. The lowest BCUT2D eigenvalue weighted by atomic mass is 9.92. The van der Waals surface area contributed by atoms with E-state index in [1.54, 1.807) is 0 Å². The maximum absolute atomic E-state index is 12.0. The minimum atomic E-state index is -0.397. The molecule has 2 rings (SSSR count). The first-order valence-corrected chi connectivity index (χ1v) is 6.59. The van der Waals surface area contributed by atoms with Crippen LogP contribution < -0.4 is 5.32 Å². The molecule has 98 valence electrons. The van der Waals surface area contributed by atoms with Gasteiger partial charge in [-0.1, -0.05) is 0 Å². The van der Waals surface area contributed by atoms with Crippen molar-refractivity contribution in [3.05, 3.63) is 0 Å². The second kappa shape index (κ2) is 4.48. The molecular formula is C13H24N2O2. The van der Waals surface area contributed by atoms with Crippen molar-refractivity contribution in [1.29, 1.82) is 0 Å². The highest BCUT2D eigenvalue weighted by Gasteiger charge is 2.45. The molecule has 1 N–H and O–H groups in total. The number of likely N-dealkylation sites (tertiary alicyclic amines) is 1. The van der Waals surface area contributed by atoms with Crippen LogP contribution in [-0.2, 0) is 4.74 Å². The van der Waals surface area contributed by atoms with Gasteiger partial charge in [-0.25, -0.2) is 4.79 Å². The average Bonchev–Trinajstić information content (AvgIpc) is 2.91. The van der Waals surface area contributed by atoms with Crippen molar-refractivity contribution < 1.29 is 9.53 Å². The van der Waals surface area contributed by atoms with Gasteiger partial charge in [-0.15, -0.1) is 0 Å². The van der Waals surface area contributed by atoms with Crippen LogP contribution in [0.15, 0.2) is 0 Å². The van der Waals surface area contributed by atoms with Gasteiger partial charge in [-0.05, 0) is 53.0 Å². The van der Waals surface area contributed by atoms with Crippen LogP contribution in [0.3, 0.4) is 0 Å². The van der Waals surface area contributed by atoms with E-state index in [9.17, 15) is 4.79 Å². The summed E-state index contributed by atoms with van der Waals surface area (Å²) in [5, 5.41) is 3.36. The van der Waals surface area contributed by atoms with E-state index in [1.165, 1.54) is 12.8 Å². The van der Waals surface area contributed by atoms with E-state index in [0.29, 0.717) is 12.1 Å². The molecule has 2 unspecified atom stereocenters. The molecule has 1 saturated heterocycles. The Labute approximate surface area is 104 Å². The Balaban J connectivity index is 1.91. The number of carbonyl (C=O) groups is 1. The first kappa shape index (κ1) is 12.7. The highest BCUT2D eigenvalue weighted by molar-refractivity contribution is 5.69. The number of nitrogens with zero attached hydrogens (tertiary/aromatic N) is 1. The lowest BCUT2D eigenvalue weighted by Gasteiger charge is -2.45. The molecule has 0 aromatic carbocycles. The van der Waals surface area contributed by atoms with Gasteiger partial charge in [0.15, 0.2) is 0 Å². The van der Waals surface area contributed by atoms with Crippen molar-refractivity contribution >= 4 is 6.09 Å². The second-order valence-corrected chi connectivity index (χ2v) is 6.18. The van der Waals surface area contributed by atoms with E-state index >= 15 is 0 Å². The summed E-state index contributed by atoms with van der Waals surface area (Å²) in [5.41, 5.74) is -0.397. The van der Waals surface area contributed by atoms with Gasteiger partial charge < -0.3 is 15.0 Å². The first-order chi connectivity index (χ1) is 7.92. The van der Waals surface area contributed by atoms with Crippen molar-refractivity contribution in [3.63, 3.8) is 0 Å². The number of ether oxygens (including phenoxy) is 1. The number of hydrogen-bond acceptors (Lipinski definition) is 3. The van der Waals surface area contributed by atoms with Crippen LogP contribution in [0, 0.1) is 5.92 Å². The molecular weight excluding hydrogens is 216 g/mol. The maximum Gasteiger partial charge on any atom is 0.410 e. The number of amides is 1. The minimum absolute atomic E-state index is 0.158. The molecule has 0 bridgehead atoms. The van der Waals surface area contributed by atoms with Crippen LogP contribution in [0.25, 0.3) is 0 Å². The van der Waals surface area contributed by atoms with E-state index in [-0.39, 0.29) is 6.09 Å². The number of rotatable bonds is 3. The summed E-state index contributed by atoms with van der Waals surface area (Å²) in [4.78, 5) is 13.9. The number of likely N-dealkylation sites (N-methyl/N-ethyl adjacent to an activating group) is 1. The van der Waals surface area contributed by atoms with Gasteiger partial charge >= 0.3 is 6.09 Å². The van der Waals surface area contributed by atoms with Crippen LogP contribution in [0.5, 0.6) is 0 Å². The van der Waals surface area contributed by atoms with E-state index in [1.807, 2.05) is 32.7 Å². The highest BCUT2D eigenvalue weighted by Crippen LogP contribution is 2.38. The Morgan fingerprint density at radius 3 is 2.35 bits per heavy atom. The van der Waals surface area contributed by atoms with Crippen LogP contribution in [0.4, 0.5) is 4.79 Å². The summed E-state index contributed by atoms with van der Waals surface area (Å²) < 4.78 is 5.43. The van der Waals surface area contributed by atoms with E-state index < -0.39 is 5.60 Å². The van der Waals surface area contributed by atoms with Gasteiger partial charge in [0.25, 0.3) is 0 Å². The molecule has 2 atom stereocenters. The predicted molar refractivity (Wildman–Crippen MR) is 66.9 cm³/mol. The van der Waals surface area contributed by atoms with E-state index in [4.69, 9.17) is 4.74 Å². The first-order valence-electron chi connectivity index (χ1n) is 6.59. The Bertz CT molecular complexity index is 294. The molecule has 1 amide bonds. The third-order valence-corrected chi connectivity index (χ3v) is 3.57. The molecule has 2 aliphatic rings. The molecule has 1 aliphatic heterocycles. The fourth-order valence-electron chi connectivity index (χ4n) is 2.53. The molecule has 1 saturated carbocycles. The van der Waals surface area contributed by atoms with Crippen LogP contribution in [0.1, 0.15) is 40.0 Å². The topological polar surface area (TPSA) is 41.6 Å². The summed E-state index contributed by atoms with van der Waals surface area (Å²) in [6.07, 6.45) is 3.53. The van der Waals surface area contributed by atoms with Gasteiger partial charge in [-0.2, -0.15) is 0 Å². The normalized spacial score (nSPS) is 26.4. The van der Waals surface area contributed by atoms with Crippen molar-refractivity contribution in [1.82, 2.24) is 10.2 Å². The summed E-state index contributed by atoms with van der Waals surface area (Å²) in [6, 6.07) is 0.790. The molecule has 0 aromatic heterocycles. The smallest absolute Gasteiger partial charge is 0.410 e. The molecule has 4 nitrogen and oxygen atoms in total. The van der Waals surface area contributed by atoms with Crippen LogP contribution in [-0.4, -0.2) is 42.3 Å². The third-order valence-electron chi connectivity index (χ3n) is 3.57. The third kappa shape index (κ3) is 2.92. The zero-order valence-corrected chi connectivity index (χ0v) is 11.3. The Morgan fingerprint density at radius 2 is 2.00 bits per heavy atom. The van der Waals surface area contributed by atoms with Gasteiger partial charge in [0.2, 0.25) is 0 Å². The predicted octanol–water partition coefficient (Wildman–Crippen LogP) is 1.99. The minimum Gasteiger partial charge on any atom is -0.444 e. The van der Waals surface area contributed by atoms with Crippen LogP contribution >= 0.6 is 0 Å². The van der Waals surface area contributed by atoms with E-state index in [2.05, 4.69) is 5.32 Å². The standard InChI is InChI=1S/C13H24N2O2/c1-13(2,3)17-12(16)15-8-7-10(15)11(14-4)9-5-6-9/h9-11,14H,5-8H2,1-4H3. The fourth-order valence-corrected chi connectivity index (χ4v) is 2.53. The summed E-state index contributed by atoms with van der Waals surface area (Å²) in [7, 11) is 1.99. The average molecular weight is 240 g/mol. The highest BCUT2D eigenvalue weighted by atomic mass is 16.6. The van der Waals surface area contributed by atoms with Crippen molar-refractivity contribution in [3.8, 4) is 0 Å². The van der Waals surface area contributed by atoms with Crippen molar-refractivity contribution in [2.45, 2.75) is 57.7 Å². The van der Waals surface area contributed by atoms with Gasteiger partial charge in [0.05, 0.1) is 6.04 Å². The van der Waals surface area contributed by atoms with Gasteiger partial charge in [0.1, 0.15) is 5.60 Å². The Kier molecular flexibility index (Phi) is 3.34. The van der Waals surface area contributed by atoms with Gasteiger partial charge in [-0.3, -0.25) is 0 Å². The molecule has 1 heterocycles. The lowest BCUT2D eigenvalue weighted by Crippen LogP contribution is -2.61. The van der Waals surface area contributed by atoms with Crippen molar-refractivity contribution in [2.24, 2.45) is 5.92 Å². The van der Waals surface area contributed by atoms with Gasteiger partial charge in [0, 0.05) is 12.6 Å². The quantitative estimate of drug-likeness (QED) is 0.820. The fraction of sp³-hybridized carbons (Fsp3) is 0.923. The maximum atomic E-state index is 12.0. The lowest BCUT2D eigenvalue weighted by molar-refractivity contribution is -0.0139. The second-order valence-electron chi connectivity index (χ2n) is 6.18. The summed E-state index contributed by atoms with van der Waals surface area (Å²) >= 11 is 0. The zero-order valence-electron chi connectivity index (χ0n) is 11.3. The SMILES string of the molecule is CNC(C1CC1)C1CCN1C(=O)OC(C)(C)C. The monoisotopic (exact) mass is 240 g/mol. The molecule has 1 aliphatic carbocycles. The number of carbonyl (C=O) groups excluding carboxylic acids is 1. The van der Waals surface area contributed by atoms with Crippen LogP contribution in [0.2, 0.25) is 0 Å². The summed E-state index contributed by atoms with van der Waals surface area (Å²) in [5.74, 6) is 0.759. The number of hydrogen-bond donors (Lipinski definition) is 1. The number of nitrogens with one attached hydrogen (secondary N) is 1. The van der Waals surface area contributed by atoms with Crippen molar-refractivity contribution in [2.75, 3.05) is 13.6 Å². The molecule has 4 heteroatoms. The largest absolute Gasteiger partial charge is 0.444 e. The summed E-state index contributed by atoms with van der Waals surface area (Å²) in [6.45, 7) is 6.58. The van der Waals surface area contributed by atoms with E-state index in [0.717, 1.165) is 18.9 Å². The zero-order chi connectivity index (χ0) is 12.6. The molecule has 2 fully saturated rings. The Hall–Kier alpha value is -0.770. The molecule has 0 spiro atoms. The Morgan fingerprint density at radius 1 is 1.35 bits per heavy atom. The molecule has 0 aromatic rings.